The number of hydrogen-bond donors (Lipinski definition) is 1. The smallest absolute Gasteiger partial charge is 0.336 e. The van der Waals surface area contributed by atoms with Gasteiger partial charge in [0.05, 0.1) is 29.8 Å². The van der Waals surface area contributed by atoms with Crippen LogP contribution in [0.1, 0.15) is 30.1 Å². The summed E-state index contributed by atoms with van der Waals surface area (Å²) in [5.41, 5.74) is 0.396. The zero-order valence-electron chi connectivity index (χ0n) is 11.8. The van der Waals surface area contributed by atoms with Crippen molar-refractivity contribution in [2.75, 3.05) is 0 Å². The van der Waals surface area contributed by atoms with E-state index in [0.717, 1.165) is 12.8 Å². The molecule has 2 aromatic rings. The normalized spacial score (nSPS) is 21.8. The van der Waals surface area contributed by atoms with Gasteiger partial charge >= 0.3 is 5.97 Å². The highest BCUT2D eigenvalue weighted by atomic mass is 16.5. The first-order chi connectivity index (χ1) is 10.1. The van der Waals surface area contributed by atoms with E-state index in [2.05, 4.69) is 0 Å². The molecule has 110 valence electrons. The molecule has 5 heteroatoms. The van der Waals surface area contributed by atoms with Crippen LogP contribution in [0, 0.1) is 0 Å². The lowest BCUT2D eigenvalue weighted by Crippen LogP contribution is -2.27. The average molecular weight is 287 g/mol. The molecule has 5 nitrogen and oxygen atoms in total. The van der Waals surface area contributed by atoms with E-state index in [0.29, 0.717) is 17.4 Å². The van der Waals surface area contributed by atoms with Gasteiger partial charge in [-0.2, -0.15) is 0 Å². The molecule has 1 N–H and O–H groups in total. The van der Waals surface area contributed by atoms with Crippen LogP contribution in [0.15, 0.2) is 35.1 Å². The summed E-state index contributed by atoms with van der Waals surface area (Å²) < 4.78 is 7.39. The lowest BCUT2D eigenvalue weighted by molar-refractivity contribution is 0.0459. The molecule has 0 aliphatic carbocycles. The molecule has 1 saturated heterocycles. The van der Waals surface area contributed by atoms with Crippen LogP contribution in [0.3, 0.4) is 0 Å². The zero-order chi connectivity index (χ0) is 15.0. The molecule has 21 heavy (non-hydrogen) atoms. The van der Waals surface area contributed by atoms with E-state index in [9.17, 15) is 14.7 Å². The van der Waals surface area contributed by atoms with Crippen molar-refractivity contribution >= 4 is 16.9 Å². The predicted octanol–water partition coefficient (Wildman–Crippen LogP) is 2.27. The lowest BCUT2D eigenvalue weighted by Gasteiger charge is -2.16. The number of fused-ring (bicyclic) bond motifs is 1. The van der Waals surface area contributed by atoms with Crippen molar-refractivity contribution in [1.29, 1.82) is 0 Å². The van der Waals surface area contributed by atoms with Crippen LogP contribution >= 0.6 is 0 Å². The maximum Gasteiger partial charge on any atom is 0.336 e. The lowest BCUT2D eigenvalue weighted by atomic mass is 10.1. The molecule has 1 fully saturated rings. The second-order valence-corrected chi connectivity index (χ2v) is 5.48. The Bertz CT molecular complexity index is 750. The molecule has 1 aromatic heterocycles. The topological polar surface area (TPSA) is 68.5 Å². The summed E-state index contributed by atoms with van der Waals surface area (Å²) in [7, 11) is 0. The largest absolute Gasteiger partial charge is 0.478 e. The molecule has 1 aliphatic heterocycles. The van der Waals surface area contributed by atoms with Gasteiger partial charge in [0, 0.05) is 11.5 Å². The van der Waals surface area contributed by atoms with Crippen molar-refractivity contribution in [3.05, 3.63) is 46.2 Å². The van der Waals surface area contributed by atoms with Gasteiger partial charge < -0.3 is 14.4 Å². The van der Waals surface area contributed by atoms with Gasteiger partial charge in [0.2, 0.25) is 0 Å². The highest BCUT2D eigenvalue weighted by Crippen LogP contribution is 2.22. The van der Waals surface area contributed by atoms with Gasteiger partial charge in [-0.15, -0.1) is 0 Å². The molecule has 0 radical (unpaired) electrons. The van der Waals surface area contributed by atoms with E-state index in [4.69, 9.17) is 4.74 Å². The second kappa shape index (κ2) is 5.33. The van der Waals surface area contributed by atoms with Crippen molar-refractivity contribution in [2.45, 2.75) is 38.5 Å². The SMILES string of the molecule is CC1CCC(Cn2c(=O)cc(C(=O)O)c3ccccc32)O1. The van der Waals surface area contributed by atoms with Crippen molar-refractivity contribution in [3.63, 3.8) is 0 Å². The molecule has 1 aromatic carbocycles. The number of carboxylic acid groups (broad SMARTS) is 1. The van der Waals surface area contributed by atoms with E-state index in [-0.39, 0.29) is 23.3 Å². The number of rotatable bonds is 3. The Hall–Kier alpha value is -2.14. The Kier molecular flexibility index (Phi) is 3.51. The highest BCUT2D eigenvalue weighted by Gasteiger charge is 2.23. The number of aromatic carboxylic acids is 1. The van der Waals surface area contributed by atoms with Gasteiger partial charge in [-0.3, -0.25) is 4.79 Å². The number of pyridine rings is 1. The zero-order valence-corrected chi connectivity index (χ0v) is 11.8. The Morgan fingerprint density at radius 3 is 2.81 bits per heavy atom. The Morgan fingerprint density at radius 1 is 1.38 bits per heavy atom. The molecular formula is C16H17NO4. The number of ether oxygens (including phenoxy) is 1. The van der Waals surface area contributed by atoms with Crippen LogP contribution in [0.25, 0.3) is 10.9 Å². The van der Waals surface area contributed by atoms with Crippen LogP contribution < -0.4 is 5.56 Å². The maximum absolute atomic E-state index is 12.3. The molecule has 0 bridgehead atoms. The number of nitrogens with zero attached hydrogens (tertiary/aromatic N) is 1. The molecule has 3 rings (SSSR count). The van der Waals surface area contributed by atoms with Gasteiger partial charge in [-0.1, -0.05) is 18.2 Å². The quantitative estimate of drug-likeness (QED) is 0.940. The summed E-state index contributed by atoms with van der Waals surface area (Å²) in [6.07, 6.45) is 2.14. The highest BCUT2D eigenvalue weighted by molar-refractivity contribution is 6.02. The van der Waals surface area contributed by atoms with Crippen molar-refractivity contribution in [3.8, 4) is 0 Å². The summed E-state index contributed by atoms with van der Waals surface area (Å²) in [4.78, 5) is 23.6. The number of carboxylic acids is 1. The molecule has 0 saturated carbocycles. The van der Waals surface area contributed by atoms with Crippen LogP contribution in [0.4, 0.5) is 0 Å². The van der Waals surface area contributed by atoms with E-state index < -0.39 is 5.97 Å². The summed E-state index contributed by atoms with van der Waals surface area (Å²) in [6, 6.07) is 8.29. The second-order valence-electron chi connectivity index (χ2n) is 5.48. The summed E-state index contributed by atoms with van der Waals surface area (Å²) in [5.74, 6) is -1.08. The molecule has 1 aliphatic rings. The predicted molar refractivity (Wildman–Crippen MR) is 78.7 cm³/mol. The summed E-state index contributed by atoms with van der Waals surface area (Å²) in [6.45, 7) is 2.48. The fourth-order valence-electron chi connectivity index (χ4n) is 2.92. The molecule has 0 spiro atoms. The number of para-hydroxylation sites is 1. The summed E-state index contributed by atoms with van der Waals surface area (Å²) >= 11 is 0. The van der Waals surface area contributed by atoms with Crippen molar-refractivity contribution < 1.29 is 14.6 Å². The fraction of sp³-hybridized carbons (Fsp3) is 0.375. The minimum absolute atomic E-state index is 0.0109. The monoisotopic (exact) mass is 287 g/mol. The van der Waals surface area contributed by atoms with Gasteiger partial charge in [-0.05, 0) is 25.8 Å². The third-order valence-electron chi connectivity index (χ3n) is 3.96. The van der Waals surface area contributed by atoms with Gasteiger partial charge in [0.1, 0.15) is 0 Å². The van der Waals surface area contributed by atoms with E-state index in [1.807, 2.05) is 13.0 Å². The molecular weight excluding hydrogens is 270 g/mol. The summed E-state index contributed by atoms with van der Waals surface area (Å²) in [5, 5.41) is 9.82. The average Bonchev–Trinajstić information content (AvgIpc) is 2.87. The number of carbonyl (C=O) groups is 1. The molecule has 2 heterocycles. The Labute approximate surface area is 121 Å². The number of aromatic nitrogens is 1. The third-order valence-corrected chi connectivity index (χ3v) is 3.96. The van der Waals surface area contributed by atoms with Crippen LogP contribution in [-0.4, -0.2) is 27.9 Å². The molecule has 2 atom stereocenters. The van der Waals surface area contributed by atoms with Crippen molar-refractivity contribution in [2.24, 2.45) is 0 Å². The first-order valence-corrected chi connectivity index (χ1v) is 7.07. The fourth-order valence-corrected chi connectivity index (χ4v) is 2.92. The van der Waals surface area contributed by atoms with Crippen LogP contribution in [-0.2, 0) is 11.3 Å². The first kappa shape index (κ1) is 13.8. The molecule has 0 amide bonds. The maximum atomic E-state index is 12.3. The van der Waals surface area contributed by atoms with E-state index >= 15 is 0 Å². The molecule has 2 unspecified atom stereocenters. The van der Waals surface area contributed by atoms with Gasteiger partial charge in [0.25, 0.3) is 5.56 Å². The van der Waals surface area contributed by atoms with E-state index in [1.54, 1.807) is 22.8 Å². The van der Waals surface area contributed by atoms with Crippen LogP contribution in [0.5, 0.6) is 0 Å². The van der Waals surface area contributed by atoms with Crippen molar-refractivity contribution in [1.82, 2.24) is 4.57 Å². The van der Waals surface area contributed by atoms with E-state index in [1.165, 1.54) is 6.07 Å². The van der Waals surface area contributed by atoms with Crippen LogP contribution in [0.2, 0.25) is 0 Å². The minimum atomic E-state index is -1.08. The standard InChI is InChI=1S/C16H17NO4/c1-10-6-7-11(21-10)9-17-14-5-3-2-4-12(14)13(16(19)20)8-15(17)18/h2-5,8,10-11H,6-7,9H2,1H3,(H,19,20). The number of benzene rings is 1. The third kappa shape index (κ3) is 2.56. The number of hydrogen-bond acceptors (Lipinski definition) is 3. The Balaban J connectivity index is 2.10. The van der Waals surface area contributed by atoms with Gasteiger partial charge in [-0.25, -0.2) is 4.79 Å². The first-order valence-electron chi connectivity index (χ1n) is 7.07. The van der Waals surface area contributed by atoms with Gasteiger partial charge in [0.15, 0.2) is 0 Å². The Morgan fingerprint density at radius 2 is 2.14 bits per heavy atom. The minimum Gasteiger partial charge on any atom is -0.478 e.